The van der Waals surface area contributed by atoms with E-state index in [-0.39, 0.29) is 0 Å². The minimum absolute atomic E-state index is 0.422. The van der Waals surface area contributed by atoms with Crippen molar-refractivity contribution < 1.29 is 4.79 Å². The monoisotopic (exact) mass is 218 g/mol. The van der Waals surface area contributed by atoms with Gasteiger partial charge in [0.1, 0.15) is 5.78 Å². The molecule has 1 aliphatic carbocycles. The Morgan fingerprint density at radius 2 is 2.19 bits per heavy atom. The largest absolute Gasteiger partial charge is 0.300 e. The van der Waals surface area contributed by atoms with E-state index < -0.39 is 0 Å². The third-order valence-electron chi connectivity index (χ3n) is 3.29. The van der Waals surface area contributed by atoms with Crippen molar-refractivity contribution in [2.24, 2.45) is 0 Å². The lowest BCUT2D eigenvalue weighted by Gasteiger charge is -2.30. The molecule has 1 aromatic heterocycles. The Kier molecular flexibility index (Phi) is 3.67. The molecule has 0 atom stereocenters. The molecule has 1 aliphatic rings. The number of ketones is 1. The summed E-state index contributed by atoms with van der Waals surface area (Å²) in [6, 6.07) is 4.61. The van der Waals surface area contributed by atoms with Crippen molar-refractivity contribution in [3.63, 3.8) is 0 Å². The van der Waals surface area contributed by atoms with Crippen LogP contribution in [0.15, 0.2) is 24.5 Å². The third kappa shape index (κ3) is 2.89. The number of nitrogens with zero attached hydrogens (tertiary/aromatic N) is 2. The maximum Gasteiger partial charge on any atom is 0.133 e. The van der Waals surface area contributed by atoms with E-state index in [2.05, 4.69) is 23.0 Å². The summed E-state index contributed by atoms with van der Waals surface area (Å²) in [5, 5.41) is 0. The molecule has 0 saturated heterocycles. The summed E-state index contributed by atoms with van der Waals surface area (Å²) in [7, 11) is 2.13. The van der Waals surface area contributed by atoms with Gasteiger partial charge in [-0.15, -0.1) is 0 Å². The van der Waals surface area contributed by atoms with Crippen LogP contribution < -0.4 is 0 Å². The minimum Gasteiger partial charge on any atom is -0.300 e. The third-order valence-corrected chi connectivity index (χ3v) is 3.29. The molecule has 3 nitrogen and oxygen atoms in total. The highest BCUT2D eigenvalue weighted by Crippen LogP contribution is 2.20. The first-order valence-corrected chi connectivity index (χ1v) is 5.86. The Morgan fingerprint density at radius 1 is 1.44 bits per heavy atom. The summed E-state index contributed by atoms with van der Waals surface area (Å²) in [5.41, 5.74) is 1.24. The number of rotatable bonds is 3. The highest BCUT2D eigenvalue weighted by molar-refractivity contribution is 5.79. The summed E-state index contributed by atoms with van der Waals surface area (Å²) >= 11 is 0. The smallest absolute Gasteiger partial charge is 0.133 e. The Balaban J connectivity index is 1.88. The van der Waals surface area contributed by atoms with Crippen LogP contribution >= 0.6 is 0 Å². The maximum atomic E-state index is 11.2. The molecule has 1 aromatic rings. The molecule has 0 bridgehead atoms. The normalized spacial score (nSPS) is 18.0. The SMILES string of the molecule is CN(Cc1cccnc1)C1CCC(=O)CC1. The Labute approximate surface area is 96.5 Å². The van der Waals surface area contributed by atoms with Crippen molar-refractivity contribution in [1.82, 2.24) is 9.88 Å². The van der Waals surface area contributed by atoms with Crippen LogP contribution in [0.25, 0.3) is 0 Å². The van der Waals surface area contributed by atoms with Crippen LogP contribution in [0.1, 0.15) is 31.2 Å². The van der Waals surface area contributed by atoms with Crippen LogP contribution in [0, 0.1) is 0 Å². The van der Waals surface area contributed by atoms with Gasteiger partial charge >= 0.3 is 0 Å². The lowest BCUT2D eigenvalue weighted by atomic mass is 9.93. The van der Waals surface area contributed by atoms with E-state index in [0.717, 1.165) is 32.2 Å². The Bertz CT molecular complexity index is 340. The zero-order valence-corrected chi connectivity index (χ0v) is 9.72. The number of carbonyl (C=O) groups excluding carboxylic acids is 1. The number of pyridine rings is 1. The first-order chi connectivity index (χ1) is 7.75. The molecule has 3 heteroatoms. The van der Waals surface area contributed by atoms with Crippen molar-refractivity contribution in [2.75, 3.05) is 7.05 Å². The van der Waals surface area contributed by atoms with E-state index >= 15 is 0 Å². The molecule has 1 fully saturated rings. The predicted octanol–water partition coefficient (Wildman–Crippen LogP) is 2.03. The van der Waals surface area contributed by atoms with E-state index in [1.54, 1.807) is 6.20 Å². The average Bonchev–Trinajstić information content (AvgIpc) is 2.31. The molecule has 0 aliphatic heterocycles. The Morgan fingerprint density at radius 3 is 2.81 bits per heavy atom. The van der Waals surface area contributed by atoms with Gasteiger partial charge in [0, 0.05) is 37.8 Å². The van der Waals surface area contributed by atoms with Crippen molar-refractivity contribution >= 4 is 5.78 Å². The number of hydrogen-bond donors (Lipinski definition) is 0. The lowest BCUT2D eigenvalue weighted by Crippen LogP contribution is -2.34. The lowest BCUT2D eigenvalue weighted by molar-refractivity contribution is -0.121. The van der Waals surface area contributed by atoms with E-state index in [1.165, 1.54) is 5.56 Å². The second kappa shape index (κ2) is 5.21. The van der Waals surface area contributed by atoms with E-state index in [4.69, 9.17) is 0 Å². The molecule has 1 saturated carbocycles. The van der Waals surface area contributed by atoms with Crippen LogP contribution in [-0.2, 0) is 11.3 Å². The molecule has 86 valence electrons. The number of aromatic nitrogens is 1. The fourth-order valence-corrected chi connectivity index (χ4v) is 2.27. The van der Waals surface area contributed by atoms with Crippen molar-refractivity contribution in [1.29, 1.82) is 0 Å². The van der Waals surface area contributed by atoms with Crippen LogP contribution in [0.3, 0.4) is 0 Å². The average molecular weight is 218 g/mol. The minimum atomic E-state index is 0.422. The van der Waals surface area contributed by atoms with Crippen molar-refractivity contribution in [3.05, 3.63) is 30.1 Å². The molecule has 0 unspecified atom stereocenters. The molecular weight excluding hydrogens is 200 g/mol. The highest BCUT2D eigenvalue weighted by Gasteiger charge is 2.21. The van der Waals surface area contributed by atoms with Gasteiger partial charge in [0.05, 0.1) is 0 Å². The van der Waals surface area contributed by atoms with E-state index in [1.807, 2.05) is 12.3 Å². The quantitative estimate of drug-likeness (QED) is 0.778. The second-order valence-electron chi connectivity index (χ2n) is 4.55. The van der Waals surface area contributed by atoms with Gasteiger partial charge in [-0.3, -0.25) is 14.7 Å². The summed E-state index contributed by atoms with van der Waals surface area (Å²) in [6.07, 6.45) is 7.22. The van der Waals surface area contributed by atoms with Crippen LogP contribution in [-0.4, -0.2) is 28.8 Å². The topological polar surface area (TPSA) is 33.2 Å². The van der Waals surface area contributed by atoms with Gasteiger partial charge in [-0.1, -0.05) is 6.07 Å². The van der Waals surface area contributed by atoms with Gasteiger partial charge in [-0.05, 0) is 31.5 Å². The van der Waals surface area contributed by atoms with Gasteiger partial charge in [-0.2, -0.15) is 0 Å². The summed E-state index contributed by atoms with van der Waals surface area (Å²) in [6.45, 7) is 0.923. The summed E-state index contributed by atoms with van der Waals surface area (Å²) in [4.78, 5) is 17.6. The van der Waals surface area contributed by atoms with Gasteiger partial charge in [0.2, 0.25) is 0 Å². The molecule has 16 heavy (non-hydrogen) atoms. The first-order valence-electron chi connectivity index (χ1n) is 5.86. The van der Waals surface area contributed by atoms with Crippen LogP contribution in [0.4, 0.5) is 0 Å². The van der Waals surface area contributed by atoms with Crippen LogP contribution in [0.2, 0.25) is 0 Å². The fraction of sp³-hybridized carbons (Fsp3) is 0.538. The Hall–Kier alpha value is -1.22. The molecule has 0 spiro atoms. The standard InChI is InChI=1S/C13H18N2O/c1-15(10-11-3-2-8-14-9-11)12-4-6-13(16)7-5-12/h2-3,8-9,12H,4-7,10H2,1H3. The number of carbonyl (C=O) groups is 1. The van der Waals surface area contributed by atoms with E-state index in [9.17, 15) is 4.79 Å². The highest BCUT2D eigenvalue weighted by atomic mass is 16.1. The molecular formula is C13H18N2O. The first kappa shape index (κ1) is 11.3. The molecule has 1 heterocycles. The van der Waals surface area contributed by atoms with Gasteiger partial charge in [-0.25, -0.2) is 0 Å². The molecule has 0 aromatic carbocycles. The maximum absolute atomic E-state index is 11.2. The molecule has 2 rings (SSSR count). The number of hydrogen-bond acceptors (Lipinski definition) is 3. The zero-order chi connectivity index (χ0) is 11.4. The van der Waals surface area contributed by atoms with E-state index in [0.29, 0.717) is 11.8 Å². The van der Waals surface area contributed by atoms with Gasteiger partial charge in [0.15, 0.2) is 0 Å². The molecule has 0 amide bonds. The summed E-state index contributed by atoms with van der Waals surface area (Å²) < 4.78 is 0. The van der Waals surface area contributed by atoms with Crippen molar-refractivity contribution in [2.45, 2.75) is 38.3 Å². The fourth-order valence-electron chi connectivity index (χ4n) is 2.27. The van der Waals surface area contributed by atoms with Crippen LogP contribution in [0.5, 0.6) is 0 Å². The number of Topliss-reactive ketones (excluding diaryl/α,β-unsaturated/α-hetero) is 1. The van der Waals surface area contributed by atoms with Gasteiger partial charge < -0.3 is 0 Å². The molecule has 0 N–H and O–H groups in total. The second-order valence-corrected chi connectivity index (χ2v) is 4.55. The predicted molar refractivity (Wildman–Crippen MR) is 63.0 cm³/mol. The van der Waals surface area contributed by atoms with Crippen molar-refractivity contribution in [3.8, 4) is 0 Å². The zero-order valence-electron chi connectivity index (χ0n) is 9.72. The van der Waals surface area contributed by atoms with Gasteiger partial charge in [0.25, 0.3) is 0 Å². The molecule has 0 radical (unpaired) electrons. The summed E-state index contributed by atoms with van der Waals surface area (Å²) in [5.74, 6) is 0.422.